The Morgan fingerprint density at radius 1 is 1.38 bits per heavy atom. The largest absolute Gasteiger partial charge is 0.492 e. The first kappa shape index (κ1) is 9.60. The van der Waals surface area contributed by atoms with Gasteiger partial charge in [-0.05, 0) is 38.0 Å². The van der Waals surface area contributed by atoms with Gasteiger partial charge in [-0.25, -0.2) is 0 Å². The molecule has 0 saturated heterocycles. The van der Waals surface area contributed by atoms with Crippen LogP contribution in [0.15, 0.2) is 12.1 Å². The highest BCUT2D eigenvalue weighted by Gasteiger charge is 2.07. The third-order valence-corrected chi connectivity index (χ3v) is 2.09. The molecular formula is C11H13NO. The summed E-state index contributed by atoms with van der Waals surface area (Å²) in [6.45, 7) is 6.50. The lowest BCUT2D eigenvalue weighted by molar-refractivity contribution is 0.336. The van der Waals surface area contributed by atoms with Gasteiger partial charge in [0.15, 0.2) is 0 Å². The van der Waals surface area contributed by atoms with Gasteiger partial charge in [0.05, 0.1) is 12.2 Å². The van der Waals surface area contributed by atoms with Crippen LogP contribution in [0.1, 0.15) is 23.6 Å². The molecule has 0 bridgehead atoms. The lowest BCUT2D eigenvalue weighted by Gasteiger charge is -2.10. The molecule has 2 nitrogen and oxygen atoms in total. The van der Waals surface area contributed by atoms with Crippen LogP contribution in [0.5, 0.6) is 5.75 Å². The Labute approximate surface area is 78.8 Å². The van der Waals surface area contributed by atoms with E-state index in [0.717, 1.165) is 16.9 Å². The summed E-state index contributed by atoms with van der Waals surface area (Å²) in [6, 6.07) is 5.86. The molecular weight excluding hydrogens is 162 g/mol. The van der Waals surface area contributed by atoms with Gasteiger partial charge in [0, 0.05) is 0 Å². The van der Waals surface area contributed by atoms with Crippen LogP contribution >= 0.6 is 0 Å². The van der Waals surface area contributed by atoms with Gasteiger partial charge < -0.3 is 4.74 Å². The van der Waals surface area contributed by atoms with Crippen LogP contribution in [0.4, 0.5) is 0 Å². The van der Waals surface area contributed by atoms with E-state index in [1.807, 2.05) is 26.8 Å². The molecule has 0 aliphatic rings. The molecule has 1 aromatic rings. The maximum Gasteiger partial charge on any atom is 0.140 e. The molecule has 0 N–H and O–H groups in total. The Hall–Kier alpha value is -1.49. The van der Waals surface area contributed by atoms with Crippen molar-refractivity contribution in [2.45, 2.75) is 20.8 Å². The van der Waals surface area contributed by atoms with Crippen molar-refractivity contribution >= 4 is 0 Å². The van der Waals surface area contributed by atoms with Crippen LogP contribution in [-0.2, 0) is 0 Å². The Morgan fingerprint density at radius 2 is 2.08 bits per heavy atom. The van der Waals surface area contributed by atoms with E-state index in [1.165, 1.54) is 0 Å². The maximum atomic E-state index is 8.83. The normalized spacial score (nSPS) is 9.38. The van der Waals surface area contributed by atoms with Crippen molar-refractivity contribution in [1.82, 2.24) is 0 Å². The van der Waals surface area contributed by atoms with Crippen molar-refractivity contribution in [1.29, 1.82) is 5.26 Å². The summed E-state index contributed by atoms with van der Waals surface area (Å²) in [5, 5.41) is 8.83. The van der Waals surface area contributed by atoms with Gasteiger partial charge in [-0.2, -0.15) is 5.26 Å². The third-order valence-electron chi connectivity index (χ3n) is 2.09. The summed E-state index contributed by atoms with van der Waals surface area (Å²) in [5.74, 6) is 0.727. The number of rotatable bonds is 2. The number of ether oxygens (including phenoxy) is 1. The summed E-state index contributed by atoms with van der Waals surface area (Å²) in [7, 11) is 0. The number of benzene rings is 1. The van der Waals surface area contributed by atoms with E-state index in [1.54, 1.807) is 6.07 Å². The summed E-state index contributed by atoms with van der Waals surface area (Å²) in [6.07, 6.45) is 0. The van der Waals surface area contributed by atoms with Gasteiger partial charge in [0.1, 0.15) is 11.8 Å². The number of hydrogen-bond acceptors (Lipinski definition) is 2. The fourth-order valence-corrected chi connectivity index (χ4v) is 1.21. The van der Waals surface area contributed by atoms with Crippen LogP contribution < -0.4 is 4.74 Å². The van der Waals surface area contributed by atoms with Gasteiger partial charge >= 0.3 is 0 Å². The molecule has 0 radical (unpaired) electrons. The topological polar surface area (TPSA) is 33.0 Å². The minimum absolute atomic E-state index is 0.596. The molecule has 0 aromatic heterocycles. The zero-order valence-electron chi connectivity index (χ0n) is 8.22. The fourth-order valence-electron chi connectivity index (χ4n) is 1.21. The Balaban J connectivity index is 3.26. The van der Waals surface area contributed by atoms with E-state index < -0.39 is 0 Å². The molecule has 0 aliphatic heterocycles. The molecule has 0 aliphatic carbocycles. The minimum atomic E-state index is 0.596. The summed E-state index contributed by atoms with van der Waals surface area (Å²) in [4.78, 5) is 0. The molecule has 0 heterocycles. The maximum absolute atomic E-state index is 8.83. The van der Waals surface area contributed by atoms with Gasteiger partial charge in [0.2, 0.25) is 0 Å². The lowest BCUT2D eigenvalue weighted by Crippen LogP contribution is -1.98. The Kier molecular flexibility index (Phi) is 2.92. The standard InChI is InChI=1S/C11H13NO/c1-4-13-11-9(3)8(2)5-6-10(11)7-12/h5-6H,4H2,1-3H3. The SMILES string of the molecule is CCOc1c(C#N)ccc(C)c1C. The molecule has 1 rings (SSSR count). The first-order chi connectivity index (χ1) is 6.20. The van der Waals surface area contributed by atoms with E-state index in [-0.39, 0.29) is 0 Å². The second kappa shape index (κ2) is 3.95. The van der Waals surface area contributed by atoms with Gasteiger partial charge in [-0.15, -0.1) is 0 Å². The fraction of sp³-hybridized carbons (Fsp3) is 0.364. The molecule has 0 unspecified atom stereocenters. The molecule has 0 fully saturated rings. The van der Waals surface area contributed by atoms with Crippen LogP contribution in [0.3, 0.4) is 0 Å². The summed E-state index contributed by atoms with van der Waals surface area (Å²) in [5.41, 5.74) is 2.83. The Bertz CT molecular complexity index is 350. The zero-order chi connectivity index (χ0) is 9.84. The zero-order valence-corrected chi connectivity index (χ0v) is 8.22. The second-order valence-electron chi connectivity index (χ2n) is 2.93. The van der Waals surface area contributed by atoms with Gasteiger partial charge in [-0.1, -0.05) is 6.07 Å². The molecule has 68 valence electrons. The monoisotopic (exact) mass is 175 g/mol. The van der Waals surface area contributed by atoms with Crippen LogP contribution in [-0.4, -0.2) is 6.61 Å². The molecule has 1 aromatic carbocycles. The summed E-state index contributed by atoms with van der Waals surface area (Å²) >= 11 is 0. The van der Waals surface area contributed by atoms with E-state index in [9.17, 15) is 0 Å². The molecule has 13 heavy (non-hydrogen) atoms. The van der Waals surface area contributed by atoms with Crippen molar-refractivity contribution < 1.29 is 4.74 Å². The quantitative estimate of drug-likeness (QED) is 0.692. The number of nitriles is 1. The predicted octanol–water partition coefficient (Wildman–Crippen LogP) is 2.57. The van der Waals surface area contributed by atoms with E-state index >= 15 is 0 Å². The highest BCUT2D eigenvalue weighted by atomic mass is 16.5. The molecule has 2 heteroatoms. The van der Waals surface area contributed by atoms with Crippen molar-refractivity contribution in [3.8, 4) is 11.8 Å². The van der Waals surface area contributed by atoms with Gasteiger partial charge in [0.25, 0.3) is 0 Å². The highest BCUT2D eigenvalue weighted by Crippen LogP contribution is 2.25. The first-order valence-electron chi connectivity index (χ1n) is 4.33. The predicted molar refractivity (Wildman–Crippen MR) is 51.8 cm³/mol. The number of hydrogen-bond donors (Lipinski definition) is 0. The Morgan fingerprint density at radius 3 is 2.62 bits per heavy atom. The molecule has 0 saturated carbocycles. The van der Waals surface area contributed by atoms with E-state index in [4.69, 9.17) is 10.00 Å². The number of nitrogens with zero attached hydrogens (tertiary/aromatic N) is 1. The van der Waals surface area contributed by atoms with Crippen molar-refractivity contribution in [2.24, 2.45) is 0 Å². The van der Waals surface area contributed by atoms with Crippen LogP contribution in [0.25, 0.3) is 0 Å². The smallest absolute Gasteiger partial charge is 0.140 e. The van der Waals surface area contributed by atoms with Crippen molar-refractivity contribution in [3.05, 3.63) is 28.8 Å². The molecule has 0 spiro atoms. The van der Waals surface area contributed by atoms with Gasteiger partial charge in [-0.3, -0.25) is 0 Å². The van der Waals surface area contributed by atoms with Crippen LogP contribution in [0.2, 0.25) is 0 Å². The average Bonchev–Trinajstić information content (AvgIpc) is 2.14. The van der Waals surface area contributed by atoms with E-state index in [2.05, 4.69) is 6.07 Å². The molecule has 0 amide bonds. The second-order valence-corrected chi connectivity index (χ2v) is 2.93. The van der Waals surface area contributed by atoms with Crippen LogP contribution in [0, 0.1) is 25.2 Å². The van der Waals surface area contributed by atoms with E-state index in [0.29, 0.717) is 12.2 Å². The average molecular weight is 175 g/mol. The lowest BCUT2D eigenvalue weighted by atomic mass is 10.1. The highest BCUT2D eigenvalue weighted by molar-refractivity contribution is 5.51. The van der Waals surface area contributed by atoms with Crippen molar-refractivity contribution in [2.75, 3.05) is 6.61 Å². The van der Waals surface area contributed by atoms with Crippen molar-refractivity contribution in [3.63, 3.8) is 0 Å². The minimum Gasteiger partial charge on any atom is -0.492 e. The number of aryl methyl sites for hydroxylation is 1. The summed E-state index contributed by atoms with van der Waals surface area (Å²) < 4.78 is 5.42. The molecule has 0 atom stereocenters. The third kappa shape index (κ3) is 1.81. The first-order valence-corrected chi connectivity index (χ1v) is 4.33.